The number of nitrogens with zero attached hydrogens (tertiary/aromatic N) is 1. The third-order valence-corrected chi connectivity index (χ3v) is 2.28. The molecule has 66 valence electrons. The van der Waals surface area contributed by atoms with E-state index in [1.165, 1.54) is 19.4 Å². The highest BCUT2D eigenvalue weighted by atomic mass is 17.2. The largest absolute Gasteiger partial charge is 0.298 e. The first-order valence-corrected chi connectivity index (χ1v) is 4.28. The Hall–Kier alpha value is -0.120. The van der Waals surface area contributed by atoms with E-state index < -0.39 is 0 Å². The van der Waals surface area contributed by atoms with Crippen molar-refractivity contribution in [3.63, 3.8) is 0 Å². The lowest BCUT2D eigenvalue weighted by atomic mass is 10.2. The molecule has 3 nitrogen and oxygen atoms in total. The lowest BCUT2D eigenvalue weighted by Crippen LogP contribution is -2.32. The van der Waals surface area contributed by atoms with E-state index in [9.17, 15) is 0 Å². The molecule has 1 aliphatic rings. The first-order valence-electron chi connectivity index (χ1n) is 4.28. The van der Waals surface area contributed by atoms with E-state index in [4.69, 9.17) is 4.89 Å². The van der Waals surface area contributed by atoms with Crippen molar-refractivity contribution < 1.29 is 9.78 Å². The molecule has 0 saturated carbocycles. The predicted octanol–water partition coefficient (Wildman–Crippen LogP) is 1.05. The van der Waals surface area contributed by atoms with Gasteiger partial charge in [0.05, 0.1) is 13.7 Å². The van der Waals surface area contributed by atoms with Gasteiger partial charge in [0.25, 0.3) is 0 Å². The standard InChI is InChI=1S/C8H17NO2/c1-3-9-6-4-5-8(9)7-11-10-2/h8H,3-7H2,1-2H3/t8-/m0/s1. The second-order valence-electron chi connectivity index (χ2n) is 2.88. The van der Waals surface area contributed by atoms with Crippen molar-refractivity contribution in [1.82, 2.24) is 4.90 Å². The highest BCUT2D eigenvalue weighted by Crippen LogP contribution is 2.16. The molecule has 1 saturated heterocycles. The maximum absolute atomic E-state index is 4.91. The fourth-order valence-electron chi connectivity index (χ4n) is 1.65. The van der Waals surface area contributed by atoms with Gasteiger partial charge < -0.3 is 0 Å². The monoisotopic (exact) mass is 159 g/mol. The van der Waals surface area contributed by atoms with Gasteiger partial charge in [-0.05, 0) is 25.9 Å². The highest BCUT2D eigenvalue weighted by Gasteiger charge is 2.22. The van der Waals surface area contributed by atoms with Gasteiger partial charge >= 0.3 is 0 Å². The van der Waals surface area contributed by atoms with Gasteiger partial charge in [-0.1, -0.05) is 6.92 Å². The minimum Gasteiger partial charge on any atom is -0.298 e. The fourth-order valence-corrected chi connectivity index (χ4v) is 1.65. The molecule has 1 fully saturated rings. The molecule has 11 heavy (non-hydrogen) atoms. The summed E-state index contributed by atoms with van der Waals surface area (Å²) in [5, 5.41) is 0. The average Bonchev–Trinajstić information content (AvgIpc) is 2.47. The molecular weight excluding hydrogens is 142 g/mol. The van der Waals surface area contributed by atoms with Crippen LogP contribution < -0.4 is 0 Å². The van der Waals surface area contributed by atoms with Crippen LogP contribution in [0.25, 0.3) is 0 Å². The van der Waals surface area contributed by atoms with Crippen LogP contribution in [0.15, 0.2) is 0 Å². The van der Waals surface area contributed by atoms with Gasteiger partial charge in [0.2, 0.25) is 0 Å². The lowest BCUT2D eigenvalue weighted by molar-refractivity contribution is -0.279. The third-order valence-electron chi connectivity index (χ3n) is 2.28. The van der Waals surface area contributed by atoms with E-state index in [0.29, 0.717) is 12.6 Å². The summed E-state index contributed by atoms with van der Waals surface area (Å²) in [5.74, 6) is 0. The second-order valence-corrected chi connectivity index (χ2v) is 2.88. The second kappa shape index (κ2) is 4.70. The van der Waals surface area contributed by atoms with E-state index >= 15 is 0 Å². The molecule has 0 aromatic heterocycles. The average molecular weight is 159 g/mol. The van der Waals surface area contributed by atoms with E-state index in [1.807, 2.05) is 0 Å². The van der Waals surface area contributed by atoms with Crippen molar-refractivity contribution in [3.8, 4) is 0 Å². The minimum atomic E-state index is 0.583. The molecule has 0 spiro atoms. The summed E-state index contributed by atoms with van der Waals surface area (Å²) in [7, 11) is 1.56. The molecule has 0 amide bonds. The molecule has 0 aliphatic carbocycles. The van der Waals surface area contributed by atoms with Crippen LogP contribution in [-0.2, 0) is 9.78 Å². The molecule has 0 unspecified atom stereocenters. The first-order chi connectivity index (χ1) is 5.38. The lowest BCUT2D eigenvalue weighted by Gasteiger charge is -2.21. The Morgan fingerprint density at radius 2 is 2.36 bits per heavy atom. The Morgan fingerprint density at radius 1 is 1.55 bits per heavy atom. The molecule has 0 N–H and O–H groups in total. The van der Waals surface area contributed by atoms with Crippen LogP contribution in [0.4, 0.5) is 0 Å². The van der Waals surface area contributed by atoms with Crippen LogP contribution in [0.5, 0.6) is 0 Å². The molecule has 0 bridgehead atoms. The molecule has 1 rings (SSSR count). The molecular formula is C8H17NO2. The molecule has 0 radical (unpaired) electrons. The Bertz CT molecular complexity index is 108. The van der Waals surface area contributed by atoms with Crippen molar-refractivity contribution in [2.24, 2.45) is 0 Å². The van der Waals surface area contributed by atoms with Crippen LogP contribution in [0.1, 0.15) is 19.8 Å². The Balaban J connectivity index is 2.20. The summed E-state index contributed by atoms with van der Waals surface area (Å²) in [6.07, 6.45) is 2.54. The summed E-state index contributed by atoms with van der Waals surface area (Å²) in [6, 6.07) is 0.583. The van der Waals surface area contributed by atoms with Gasteiger partial charge in [0.1, 0.15) is 0 Å². The van der Waals surface area contributed by atoms with Gasteiger partial charge in [0.15, 0.2) is 0 Å². The minimum absolute atomic E-state index is 0.583. The van der Waals surface area contributed by atoms with Crippen molar-refractivity contribution in [2.45, 2.75) is 25.8 Å². The van der Waals surface area contributed by atoms with Crippen LogP contribution >= 0.6 is 0 Å². The number of hydrogen-bond acceptors (Lipinski definition) is 3. The quantitative estimate of drug-likeness (QED) is 0.452. The Kier molecular flexibility index (Phi) is 3.83. The van der Waals surface area contributed by atoms with E-state index in [1.54, 1.807) is 7.11 Å². The van der Waals surface area contributed by atoms with Crippen LogP contribution in [0, 0.1) is 0 Å². The predicted molar refractivity (Wildman–Crippen MR) is 43.2 cm³/mol. The topological polar surface area (TPSA) is 21.7 Å². The SMILES string of the molecule is CCN1CCC[C@H]1COOC. The van der Waals surface area contributed by atoms with Crippen molar-refractivity contribution in [2.75, 3.05) is 26.8 Å². The van der Waals surface area contributed by atoms with E-state index in [0.717, 1.165) is 6.54 Å². The summed E-state index contributed by atoms with van der Waals surface area (Å²) >= 11 is 0. The number of hydrogen-bond donors (Lipinski definition) is 0. The van der Waals surface area contributed by atoms with Gasteiger partial charge in [-0.3, -0.25) is 4.90 Å². The van der Waals surface area contributed by atoms with Gasteiger partial charge in [-0.15, -0.1) is 0 Å². The van der Waals surface area contributed by atoms with Crippen molar-refractivity contribution in [1.29, 1.82) is 0 Å². The molecule has 1 heterocycles. The van der Waals surface area contributed by atoms with Crippen LogP contribution in [0.2, 0.25) is 0 Å². The summed E-state index contributed by atoms with van der Waals surface area (Å²) in [5.41, 5.74) is 0. The van der Waals surface area contributed by atoms with Gasteiger partial charge in [-0.25, -0.2) is 9.78 Å². The number of likely N-dealkylation sites (N-methyl/N-ethyl adjacent to an activating group) is 1. The van der Waals surface area contributed by atoms with Gasteiger partial charge in [-0.2, -0.15) is 0 Å². The Morgan fingerprint density at radius 3 is 3.00 bits per heavy atom. The zero-order chi connectivity index (χ0) is 8.10. The normalized spacial score (nSPS) is 26.2. The van der Waals surface area contributed by atoms with Crippen LogP contribution in [0.3, 0.4) is 0 Å². The van der Waals surface area contributed by atoms with Gasteiger partial charge in [0, 0.05) is 6.04 Å². The van der Waals surface area contributed by atoms with Crippen molar-refractivity contribution >= 4 is 0 Å². The molecule has 0 aromatic rings. The maximum Gasteiger partial charge on any atom is 0.0977 e. The first kappa shape index (κ1) is 8.97. The number of rotatable bonds is 4. The van der Waals surface area contributed by atoms with Crippen LogP contribution in [-0.4, -0.2) is 37.7 Å². The molecule has 1 aliphatic heterocycles. The maximum atomic E-state index is 4.91. The summed E-state index contributed by atoms with van der Waals surface area (Å²) in [4.78, 5) is 11.9. The summed E-state index contributed by atoms with van der Waals surface area (Å²) < 4.78 is 0. The van der Waals surface area contributed by atoms with E-state index in [-0.39, 0.29) is 0 Å². The third kappa shape index (κ3) is 2.43. The highest BCUT2D eigenvalue weighted by molar-refractivity contribution is 4.77. The number of likely N-dealkylation sites (tertiary alicyclic amines) is 1. The zero-order valence-corrected chi connectivity index (χ0v) is 7.38. The Labute approximate surface area is 68.2 Å². The van der Waals surface area contributed by atoms with Crippen molar-refractivity contribution in [3.05, 3.63) is 0 Å². The fraction of sp³-hybridized carbons (Fsp3) is 1.00. The summed E-state index contributed by atoms with van der Waals surface area (Å²) in [6.45, 7) is 5.24. The molecule has 3 heteroatoms. The smallest absolute Gasteiger partial charge is 0.0977 e. The van der Waals surface area contributed by atoms with E-state index in [2.05, 4.69) is 16.7 Å². The molecule has 0 aromatic carbocycles. The zero-order valence-electron chi connectivity index (χ0n) is 7.38. The molecule has 1 atom stereocenters.